The van der Waals surface area contributed by atoms with Crippen molar-refractivity contribution in [2.45, 2.75) is 39.5 Å². The fraction of sp³-hybridized carbons (Fsp3) is 1.00. The van der Waals surface area contributed by atoms with Crippen LogP contribution in [0.4, 0.5) is 0 Å². The van der Waals surface area contributed by atoms with Gasteiger partial charge in [0.25, 0.3) is 0 Å². The minimum Gasteiger partial charge on any atom is -0.381 e. The van der Waals surface area contributed by atoms with E-state index in [1.165, 1.54) is 25.7 Å². The van der Waals surface area contributed by atoms with Crippen molar-refractivity contribution in [3.05, 3.63) is 0 Å². The first-order valence-electron chi connectivity index (χ1n) is 5.30. The molecule has 1 heterocycles. The quantitative estimate of drug-likeness (QED) is 0.585. The van der Waals surface area contributed by atoms with E-state index in [1.807, 2.05) is 0 Å². The lowest BCUT2D eigenvalue weighted by molar-refractivity contribution is 0.150. The molecule has 0 radical (unpaired) electrons. The van der Waals surface area contributed by atoms with Crippen molar-refractivity contribution in [2.24, 2.45) is 17.3 Å². The first kappa shape index (κ1) is 8.55. The molecule has 0 amide bonds. The highest BCUT2D eigenvalue weighted by Crippen LogP contribution is 2.49. The molecule has 2 atom stereocenters. The Hall–Kier alpha value is -0.0400. The van der Waals surface area contributed by atoms with Gasteiger partial charge in [-0.3, -0.25) is 0 Å². The second-order valence-corrected chi connectivity index (χ2v) is 5.05. The molecular weight excluding hydrogens is 148 g/mol. The van der Waals surface area contributed by atoms with Crippen LogP contribution in [0.15, 0.2) is 0 Å². The van der Waals surface area contributed by atoms with Gasteiger partial charge in [-0.2, -0.15) is 0 Å². The summed E-state index contributed by atoms with van der Waals surface area (Å²) in [5.74, 6) is 1.86. The maximum Gasteiger partial charge on any atom is 0.0523 e. The summed E-state index contributed by atoms with van der Waals surface area (Å²) in [4.78, 5) is 0. The van der Waals surface area contributed by atoms with E-state index >= 15 is 0 Å². The third-order valence-electron chi connectivity index (χ3n) is 3.87. The molecule has 0 bridgehead atoms. The summed E-state index contributed by atoms with van der Waals surface area (Å²) >= 11 is 0. The molecule has 2 fully saturated rings. The fourth-order valence-electron chi connectivity index (χ4n) is 2.83. The summed E-state index contributed by atoms with van der Waals surface area (Å²) < 4.78 is 5.51. The highest BCUT2D eigenvalue weighted by Gasteiger charge is 2.42. The van der Waals surface area contributed by atoms with Gasteiger partial charge in [0.1, 0.15) is 0 Å². The molecule has 2 unspecified atom stereocenters. The molecule has 1 saturated heterocycles. The topological polar surface area (TPSA) is 9.23 Å². The van der Waals surface area contributed by atoms with Crippen molar-refractivity contribution in [1.29, 1.82) is 0 Å². The van der Waals surface area contributed by atoms with Gasteiger partial charge in [0, 0.05) is 6.61 Å². The van der Waals surface area contributed by atoms with Crippen LogP contribution in [-0.4, -0.2) is 13.2 Å². The maximum absolute atomic E-state index is 5.51. The summed E-state index contributed by atoms with van der Waals surface area (Å²) in [7, 11) is 0. The minimum absolute atomic E-state index is 0.620. The van der Waals surface area contributed by atoms with E-state index in [0.29, 0.717) is 5.41 Å². The van der Waals surface area contributed by atoms with Gasteiger partial charge in [0.05, 0.1) is 6.61 Å². The van der Waals surface area contributed by atoms with Gasteiger partial charge in [0.2, 0.25) is 0 Å². The highest BCUT2D eigenvalue weighted by molar-refractivity contribution is 4.92. The van der Waals surface area contributed by atoms with Gasteiger partial charge in [-0.25, -0.2) is 0 Å². The predicted octanol–water partition coefficient (Wildman–Crippen LogP) is 2.85. The monoisotopic (exact) mass is 168 g/mol. The SMILES string of the molecule is CC(C)C1CCC2(CCOC2)C1. The number of hydrogen-bond acceptors (Lipinski definition) is 1. The molecule has 0 aromatic carbocycles. The fourth-order valence-corrected chi connectivity index (χ4v) is 2.83. The van der Waals surface area contributed by atoms with E-state index in [0.717, 1.165) is 25.0 Å². The van der Waals surface area contributed by atoms with Gasteiger partial charge < -0.3 is 4.74 Å². The second kappa shape index (κ2) is 3.02. The molecule has 1 aliphatic carbocycles. The second-order valence-electron chi connectivity index (χ2n) is 5.05. The van der Waals surface area contributed by atoms with Crippen LogP contribution in [0, 0.1) is 17.3 Å². The lowest BCUT2D eigenvalue weighted by atomic mass is 9.83. The Morgan fingerprint density at radius 2 is 2.17 bits per heavy atom. The molecule has 0 N–H and O–H groups in total. The molecule has 12 heavy (non-hydrogen) atoms. The third kappa shape index (κ3) is 1.39. The standard InChI is InChI=1S/C11H20O/c1-9(2)10-3-4-11(7-10)5-6-12-8-11/h9-10H,3-8H2,1-2H3. The van der Waals surface area contributed by atoms with Crippen LogP contribution in [0.5, 0.6) is 0 Å². The molecule has 1 aliphatic heterocycles. The zero-order valence-corrected chi connectivity index (χ0v) is 8.31. The van der Waals surface area contributed by atoms with E-state index in [1.54, 1.807) is 0 Å². The van der Waals surface area contributed by atoms with E-state index < -0.39 is 0 Å². The average molecular weight is 168 g/mol. The van der Waals surface area contributed by atoms with Crippen LogP contribution in [0.25, 0.3) is 0 Å². The largest absolute Gasteiger partial charge is 0.381 e. The van der Waals surface area contributed by atoms with Crippen LogP contribution < -0.4 is 0 Å². The Labute approximate surface area is 75.5 Å². The smallest absolute Gasteiger partial charge is 0.0523 e. The Morgan fingerprint density at radius 3 is 2.67 bits per heavy atom. The molecule has 1 nitrogen and oxygen atoms in total. The molecular formula is C11H20O. The predicted molar refractivity (Wildman–Crippen MR) is 50.0 cm³/mol. The van der Waals surface area contributed by atoms with Crippen molar-refractivity contribution in [3.63, 3.8) is 0 Å². The van der Waals surface area contributed by atoms with Crippen LogP contribution in [0.3, 0.4) is 0 Å². The van der Waals surface area contributed by atoms with Crippen molar-refractivity contribution in [2.75, 3.05) is 13.2 Å². The zero-order valence-electron chi connectivity index (χ0n) is 8.31. The van der Waals surface area contributed by atoms with E-state index in [9.17, 15) is 0 Å². The Balaban J connectivity index is 1.96. The Kier molecular flexibility index (Phi) is 2.16. The summed E-state index contributed by atoms with van der Waals surface area (Å²) in [5.41, 5.74) is 0.620. The zero-order chi connectivity index (χ0) is 8.60. The van der Waals surface area contributed by atoms with Gasteiger partial charge in [0.15, 0.2) is 0 Å². The van der Waals surface area contributed by atoms with Crippen molar-refractivity contribution in [3.8, 4) is 0 Å². The normalized spacial score (nSPS) is 41.8. The first-order valence-corrected chi connectivity index (χ1v) is 5.30. The Morgan fingerprint density at radius 1 is 1.33 bits per heavy atom. The summed E-state index contributed by atoms with van der Waals surface area (Å²) in [5, 5.41) is 0. The molecule has 70 valence electrons. The first-order chi connectivity index (χ1) is 5.72. The summed E-state index contributed by atoms with van der Waals surface area (Å²) in [6.07, 6.45) is 5.64. The molecule has 1 saturated carbocycles. The number of hydrogen-bond donors (Lipinski definition) is 0. The number of ether oxygens (including phenoxy) is 1. The lowest BCUT2D eigenvalue weighted by Gasteiger charge is -2.21. The molecule has 0 aromatic heterocycles. The maximum atomic E-state index is 5.51. The average Bonchev–Trinajstić information content (AvgIpc) is 2.62. The van der Waals surface area contributed by atoms with Crippen molar-refractivity contribution in [1.82, 2.24) is 0 Å². The number of rotatable bonds is 1. The Bertz CT molecular complexity index is 156. The highest BCUT2D eigenvalue weighted by atomic mass is 16.5. The van der Waals surface area contributed by atoms with Crippen molar-refractivity contribution >= 4 is 0 Å². The molecule has 0 aromatic rings. The van der Waals surface area contributed by atoms with Gasteiger partial charge in [-0.15, -0.1) is 0 Å². The van der Waals surface area contributed by atoms with Crippen LogP contribution >= 0.6 is 0 Å². The third-order valence-corrected chi connectivity index (χ3v) is 3.87. The van der Waals surface area contributed by atoms with Crippen LogP contribution in [0.1, 0.15) is 39.5 Å². The van der Waals surface area contributed by atoms with E-state index in [-0.39, 0.29) is 0 Å². The molecule has 1 spiro atoms. The summed E-state index contributed by atoms with van der Waals surface area (Å²) in [6.45, 7) is 6.79. The lowest BCUT2D eigenvalue weighted by Crippen LogP contribution is -2.17. The van der Waals surface area contributed by atoms with Crippen LogP contribution in [0.2, 0.25) is 0 Å². The van der Waals surface area contributed by atoms with Gasteiger partial charge >= 0.3 is 0 Å². The van der Waals surface area contributed by atoms with Gasteiger partial charge in [-0.1, -0.05) is 13.8 Å². The molecule has 2 rings (SSSR count). The van der Waals surface area contributed by atoms with Crippen LogP contribution in [-0.2, 0) is 4.74 Å². The summed E-state index contributed by atoms with van der Waals surface area (Å²) in [6, 6.07) is 0. The van der Waals surface area contributed by atoms with E-state index in [2.05, 4.69) is 13.8 Å². The van der Waals surface area contributed by atoms with Gasteiger partial charge in [-0.05, 0) is 42.9 Å². The molecule has 2 aliphatic rings. The molecule has 1 heteroatoms. The van der Waals surface area contributed by atoms with E-state index in [4.69, 9.17) is 4.74 Å². The minimum atomic E-state index is 0.620. The van der Waals surface area contributed by atoms with Crippen molar-refractivity contribution < 1.29 is 4.74 Å².